The third kappa shape index (κ3) is 3.68. The van der Waals surface area contributed by atoms with Gasteiger partial charge in [-0.3, -0.25) is 9.48 Å². The molecule has 0 bridgehead atoms. The summed E-state index contributed by atoms with van der Waals surface area (Å²) in [5.74, 6) is 0.462. The highest BCUT2D eigenvalue weighted by Gasteiger charge is 2.11. The molecule has 0 unspecified atom stereocenters. The normalized spacial score (nSPS) is 10.7. The van der Waals surface area contributed by atoms with E-state index in [1.807, 2.05) is 31.2 Å². The number of nitrogens with zero attached hydrogens (tertiary/aromatic N) is 4. The lowest BCUT2D eigenvalue weighted by Gasteiger charge is -2.08. The number of hydrogen-bond acceptors (Lipinski definition) is 3. The van der Waals surface area contributed by atoms with E-state index < -0.39 is 0 Å². The van der Waals surface area contributed by atoms with E-state index in [-0.39, 0.29) is 5.91 Å². The summed E-state index contributed by atoms with van der Waals surface area (Å²) in [4.78, 5) is 12.3. The molecule has 1 amide bonds. The van der Waals surface area contributed by atoms with E-state index in [0.29, 0.717) is 17.9 Å². The van der Waals surface area contributed by atoms with Crippen LogP contribution in [-0.2, 0) is 13.1 Å². The van der Waals surface area contributed by atoms with Crippen LogP contribution < -0.4 is 5.32 Å². The first-order chi connectivity index (χ1) is 11.2. The Morgan fingerprint density at radius 2 is 2.00 bits per heavy atom. The second-order valence-electron chi connectivity index (χ2n) is 5.04. The number of nitrogens with one attached hydrogen (secondary N) is 1. The highest BCUT2D eigenvalue weighted by Crippen LogP contribution is 2.14. The fourth-order valence-corrected chi connectivity index (χ4v) is 2.43. The molecule has 0 saturated carbocycles. The standard InChI is InChI=1S/C16H16BrN5O/c1-2-21-11-13(9-19-21)16(23)20-15-7-8-18-22(15)10-12-3-5-14(17)6-4-12/h3-9,11H,2,10H2,1H3,(H,20,23). The average Bonchev–Trinajstić information content (AvgIpc) is 3.19. The zero-order valence-electron chi connectivity index (χ0n) is 12.6. The van der Waals surface area contributed by atoms with Crippen LogP contribution in [0.15, 0.2) is 53.4 Å². The van der Waals surface area contributed by atoms with Crippen molar-refractivity contribution in [3.05, 3.63) is 64.5 Å². The van der Waals surface area contributed by atoms with Crippen LogP contribution in [0.2, 0.25) is 0 Å². The number of amides is 1. The van der Waals surface area contributed by atoms with Crippen LogP contribution in [0.25, 0.3) is 0 Å². The van der Waals surface area contributed by atoms with Crippen molar-refractivity contribution in [1.82, 2.24) is 19.6 Å². The van der Waals surface area contributed by atoms with Crippen LogP contribution in [0.1, 0.15) is 22.8 Å². The maximum Gasteiger partial charge on any atom is 0.259 e. The minimum atomic E-state index is -0.192. The van der Waals surface area contributed by atoms with Gasteiger partial charge < -0.3 is 5.32 Å². The predicted molar refractivity (Wildman–Crippen MR) is 91.3 cm³/mol. The summed E-state index contributed by atoms with van der Waals surface area (Å²) in [6.45, 7) is 3.29. The van der Waals surface area contributed by atoms with Crippen molar-refractivity contribution in [1.29, 1.82) is 0 Å². The van der Waals surface area contributed by atoms with Gasteiger partial charge in [0.15, 0.2) is 0 Å². The largest absolute Gasteiger partial charge is 0.307 e. The first kappa shape index (κ1) is 15.5. The first-order valence-corrected chi connectivity index (χ1v) is 8.05. The van der Waals surface area contributed by atoms with E-state index in [4.69, 9.17) is 0 Å². The average molecular weight is 374 g/mol. The molecule has 0 aliphatic carbocycles. The number of carbonyl (C=O) groups excluding carboxylic acids is 1. The van der Waals surface area contributed by atoms with Crippen molar-refractivity contribution in [3.8, 4) is 0 Å². The molecule has 7 heteroatoms. The molecule has 3 rings (SSSR count). The molecule has 1 aromatic carbocycles. The molecule has 2 heterocycles. The highest BCUT2D eigenvalue weighted by atomic mass is 79.9. The summed E-state index contributed by atoms with van der Waals surface area (Å²) in [6.07, 6.45) is 4.96. The van der Waals surface area contributed by atoms with E-state index in [1.54, 1.807) is 34.0 Å². The number of halogens is 1. The van der Waals surface area contributed by atoms with E-state index in [9.17, 15) is 4.79 Å². The highest BCUT2D eigenvalue weighted by molar-refractivity contribution is 9.10. The lowest BCUT2D eigenvalue weighted by molar-refractivity contribution is 0.102. The molecule has 3 aromatic rings. The SMILES string of the molecule is CCn1cc(C(=O)Nc2ccnn2Cc2ccc(Br)cc2)cn1. The van der Waals surface area contributed by atoms with Gasteiger partial charge in [-0.25, -0.2) is 4.68 Å². The zero-order valence-corrected chi connectivity index (χ0v) is 14.2. The molecule has 0 spiro atoms. The quantitative estimate of drug-likeness (QED) is 0.746. The van der Waals surface area contributed by atoms with Crippen molar-refractivity contribution in [2.45, 2.75) is 20.0 Å². The minimum absolute atomic E-state index is 0.192. The van der Waals surface area contributed by atoms with E-state index in [2.05, 4.69) is 31.4 Å². The van der Waals surface area contributed by atoms with E-state index in [0.717, 1.165) is 16.6 Å². The van der Waals surface area contributed by atoms with E-state index >= 15 is 0 Å². The zero-order chi connectivity index (χ0) is 16.2. The topological polar surface area (TPSA) is 64.7 Å². The number of anilines is 1. The summed E-state index contributed by atoms with van der Waals surface area (Å²) in [5.41, 5.74) is 1.63. The van der Waals surface area contributed by atoms with Crippen molar-refractivity contribution < 1.29 is 4.79 Å². The third-order valence-electron chi connectivity index (χ3n) is 3.42. The molecule has 118 valence electrons. The Morgan fingerprint density at radius 1 is 1.22 bits per heavy atom. The van der Waals surface area contributed by atoms with Crippen LogP contribution >= 0.6 is 15.9 Å². The number of hydrogen-bond donors (Lipinski definition) is 1. The van der Waals surface area contributed by atoms with Crippen molar-refractivity contribution in [3.63, 3.8) is 0 Å². The fraction of sp³-hybridized carbons (Fsp3) is 0.188. The molecule has 0 atom stereocenters. The van der Waals surface area contributed by atoms with Crippen LogP contribution in [0.3, 0.4) is 0 Å². The Balaban J connectivity index is 1.73. The van der Waals surface area contributed by atoms with Gasteiger partial charge in [0.1, 0.15) is 5.82 Å². The van der Waals surface area contributed by atoms with Gasteiger partial charge in [0.2, 0.25) is 0 Å². The molecule has 0 aliphatic rings. The second-order valence-corrected chi connectivity index (χ2v) is 5.96. The van der Waals surface area contributed by atoms with Crippen LogP contribution in [0, 0.1) is 0 Å². The monoisotopic (exact) mass is 373 g/mol. The lowest BCUT2D eigenvalue weighted by atomic mass is 10.2. The van der Waals surface area contributed by atoms with Gasteiger partial charge in [-0.2, -0.15) is 10.2 Å². The van der Waals surface area contributed by atoms with Gasteiger partial charge in [-0.05, 0) is 24.6 Å². The van der Waals surface area contributed by atoms with Gasteiger partial charge in [0.05, 0.1) is 24.5 Å². The van der Waals surface area contributed by atoms with Gasteiger partial charge in [-0.1, -0.05) is 28.1 Å². The molecule has 0 aliphatic heterocycles. The van der Waals surface area contributed by atoms with Crippen LogP contribution in [-0.4, -0.2) is 25.5 Å². The summed E-state index contributed by atoms with van der Waals surface area (Å²) < 4.78 is 4.50. The first-order valence-electron chi connectivity index (χ1n) is 7.26. The van der Waals surface area contributed by atoms with Crippen molar-refractivity contribution in [2.75, 3.05) is 5.32 Å². The second kappa shape index (κ2) is 6.78. The number of benzene rings is 1. The number of rotatable bonds is 5. The van der Waals surface area contributed by atoms with Gasteiger partial charge in [-0.15, -0.1) is 0 Å². The molecular formula is C16H16BrN5O. The molecule has 0 radical (unpaired) electrons. The van der Waals surface area contributed by atoms with Crippen molar-refractivity contribution >= 4 is 27.7 Å². The number of carbonyl (C=O) groups is 1. The molecule has 2 aromatic heterocycles. The molecule has 1 N–H and O–H groups in total. The molecular weight excluding hydrogens is 358 g/mol. The number of aryl methyl sites for hydroxylation is 1. The molecule has 6 nitrogen and oxygen atoms in total. The summed E-state index contributed by atoms with van der Waals surface area (Å²) >= 11 is 3.42. The lowest BCUT2D eigenvalue weighted by Crippen LogP contribution is -2.15. The third-order valence-corrected chi connectivity index (χ3v) is 3.95. The Bertz CT molecular complexity index is 806. The van der Waals surface area contributed by atoms with Gasteiger partial charge >= 0.3 is 0 Å². The summed E-state index contributed by atoms with van der Waals surface area (Å²) in [7, 11) is 0. The number of aromatic nitrogens is 4. The molecule has 0 fully saturated rings. The Morgan fingerprint density at radius 3 is 2.70 bits per heavy atom. The Hall–Kier alpha value is -2.41. The van der Waals surface area contributed by atoms with Gasteiger partial charge in [0.25, 0.3) is 5.91 Å². The van der Waals surface area contributed by atoms with E-state index in [1.165, 1.54) is 0 Å². The Labute approximate surface area is 142 Å². The van der Waals surface area contributed by atoms with Crippen molar-refractivity contribution in [2.24, 2.45) is 0 Å². The summed E-state index contributed by atoms with van der Waals surface area (Å²) in [6, 6.07) is 9.78. The van der Waals surface area contributed by atoms with Crippen LogP contribution in [0.4, 0.5) is 5.82 Å². The van der Waals surface area contributed by atoms with Gasteiger partial charge in [0, 0.05) is 23.3 Å². The molecule has 0 saturated heterocycles. The fourth-order valence-electron chi connectivity index (χ4n) is 2.17. The predicted octanol–water partition coefficient (Wildman–Crippen LogP) is 3.16. The maximum absolute atomic E-state index is 12.3. The smallest absolute Gasteiger partial charge is 0.259 e. The molecule has 23 heavy (non-hydrogen) atoms. The summed E-state index contributed by atoms with van der Waals surface area (Å²) in [5, 5.41) is 11.3. The van der Waals surface area contributed by atoms with Crippen LogP contribution in [0.5, 0.6) is 0 Å². The Kier molecular flexibility index (Phi) is 4.57. The minimum Gasteiger partial charge on any atom is -0.307 e. The maximum atomic E-state index is 12.3.